The molecule has 1 heteroatoms. The van der Waals surface area contributed by atoms with Gasteiger partial charge in [-0.1, -0.05) is 13.0 Å². The summed E-state index contributed by atoms with van der Waals surface area (Å²) in [6.07, 6.45) is 5.12. The van der Waals surface area contributed by atoms with Crippen LogP contribution in [0.3, 0.4) is 0 Å². The van der Waals surface area contributed by atoms with Crippen molar-refractivity contribution < 1.29 is 4.79 Å². The Bertz CT molecular complexity index is 66.5. The minimum absolute atomic E-state index is 0.421. The van der Waals surface area contributed by atoms with E-state index in [1.165, 1.54) is 0 Å². The topological polar surface area (TPSA) is 17.1 Å². The third-order valence-corrected chi connectivity index (χ3v) is 1.00. The van der Waals surface area contributed by atoms with Gasteiger partial charge < -0.3 is 0 Å². The first-order chi connectivity index (χ1) is 3.81. The lowest BCUT2D eigenvalue weighted by molar-refractivity contribution is 0.525. The molecule has 0 rings (SSSR count). The van der Waals surface area contributed by atoms with E-state index in [9.17, 15) is 4.79 Å². The van der Waals surface area contributed by atoms with Gasteiger partial charge in [-0.2, -0.15) is 0 Å². The van der Waals surface area contributed by atoms with Crippen LogP contribution in [-0.2, 0) is 4.79 Å². The van der Waals surface area contributed by atoms with Gasteiger partial charge in [-0.05, 0) is 12.3 Å². The van der Waals surface area contributed by atoms with Crippen LogP contribution >= 0.6 is 0 Å². The molecule has 0 fully saturated rings. The highest BCUT2D eigenvalue weighted by Crippen LogP contribution is 2.03. The molecule has 0 heterocycles. The van der Waals surface area contributed by atoms with Crippen LogP contribution in [0.2, 0.25) is 0 Å². The van der Waals surface area contributed by atoms with E-state index in [2.05, 4.69) is 6.58 Å². The maximum Gasteiger partial charge on any atom is 0.198 e. The Morgan fingerprint density at radius 1 is 1.88 bits per heavy atom. The zero-order valence-electron chi connectivity index (χ0n) is 5.18. The summed E-state index contributed by atoms with van der Waals surface area (Å²) in [5.74, 6) is 0.421. The second-order valence-electron chi connectivity index (χ2n) is 1.98. The molecule has 8 heavy (non-hydrogen) atoms. The molecule has 0 aromatic rings. The van der Waals surface area contributed by atoms with Crippen molar-refractivity contribution in [2.75, 3.05) is 0 Å². The lowest BCUT2D eigenvalue weighted by Crippen LogP contribution is -1.91. The third-order valence-electron chi connectivity index (χ3n) is 1.00. The van der Waals surface area contributed by atoms with Crippen molar-refractivity contribution >= 4 is 6.29 Å². The molecule has 0 amide bonds. The predicted octanol–water partition coefficient (Wildman–Crippen LogP) is 1.70. The van der Waals surface area contributed by atoms with Crippen LogP contribution in [-0.4, -0.2) is 6.29 Å². The molecule has 1 atom stereocenters. The molecule has 0 N–H and O–H groups in total. The molecule has 1 unspecified atom stereocenters. The van der Waals surface area contributed by atoms with Crippen LogP contribution in [0.1, 0.15) is 19.8 Å². The van der Waals surface area contributed by atoms with Gasteiger partial charge in [-0.15, -0.1) is 6.58 Å². The van der Waals surface area contributed by atoms with Crippen molar-refractivity contribution in [1.82, 2.24) is 0 Å². The Hall–Kier alpha value is -0.590. The lowest BCUT2D eigenvalue weighted by atomic mass is 10.1. The Kier molecular flexibility index (Phi) is 4.23. The molecule has 0 aliphatic heterocycles. The number of carbonyl (C=O) groups excluding carboxylic acids is 1. The summed E-state index contributed by atoms with van der Waals surface area (Å²) in [5, 5.41) is 0. The van der Waals surface area contributed by atoms with E-state index in [0.717, 1.165) is 6.42 Å². The highest BCUT2D eigenvalue weighted by Gasteiger charge is 1.95. The fraction of sp³-hybridized carbons (Fsp3) is 0.571. The van der Waals surface area contributed by atoms with E-state index >= 15 is 0 Å². The highest BCUT2D eigenvalue weighted by molar-refractivity contribution is 5.50. The van der Waals surface area contributed by atoms with Gasteiger partial charge in [-0.3, -0.25) is 4.79 Å². The summed E-state index contributed by atoms with van der Waals surface area (Å²) >= 11 is 0. The average Bonchev–Trinajstić information content (AvgIpc) is 1.68. The first kappa shape index (κ1) is 7.41. The van der Waals surface area contributed by atoms with Crippen molar-refractivity contribution in [3.05, 3.63) is 12.7 Å². The third kappa shape index (κ3) is 3.59. The molecule has 45 valence electrons. The van der Waals surface area contributed by atoms with Crippen molar-refractivity contribution in [2.24, 2.45) is 5.92 Å². The smallest absolute Gasteiger partial charge is 0.198 e. The minimum atomic E-state index is 0.421. The number of hydrogen-bond acceptors (Lipinski definition) is 1. The molecule has 0 aliphatic carbocycles. The largest absolute Gasteiger partial charge is 0.291 e. The number of hydrogen-bond donors (Lipinski definition) is 0. The molecule has 0 saturated carbocycles. The van der Waals surface area contributed by atoms with Gasteiger partial charge in [0, 0.05) is 6.42 Å². The molecule has 0 aliphatic rings. The molecular formula is C7H11O. The van der Waals surface area contributed by atoms with Crippen LogP contribution < -0.4 is 0 Å². The maximum absolute atomic E-state index is 9.73. The molecule has 0 bridgehead atoms. The van der Waals surface area contributed by atoms with Gasteiger partial charge in [0.25, 0.3) is 0 Å². The van der Waals surface area contributed by atoms with Crippen LogP contribution in [0, 0.1) is 5.92 Å². The highest BCUT2D eigenvalue weighted by atomic mass is 16.1. The molecule has 0 saturated heterocycles. The zero-order valence-corrected chi connectivity index (χ0v) is 5.18. The predicted molar refractivity (Wildman–Crippen MR) is 34.3 cm³/mol. The maximum atomic E-state index is 9.73. The first-order valence-electron chi connectivity index (χ1n) is 2.77. The van der Waals surface area contributed by atoms with Gasteiger partial charge in [0.05, 0.1) is 0 Å². The molecule has 1 nitrogen and oxygen atoms in total. The fourth-order valence-corrected chi connectivity index (χ4v) is 0.510. The van der Waals surface area contributed by atoms with E-state index in [0.29, 0.717) is 12.3 Å². The molecule has 0 spiro atoms. The Balaban J connectivity index is 3.16. The van der Waals surface area contributed by atoms with E-state index in [1.54, 1.807) is 0 Å². The second-order valence-corrected chi connectivity index (χ2v) is 1.98. The number of allylic oxidation sites excluding steroid dienone is 1. The molecular weight excluding hydrogens is 100 g/mol. The van der Waals surface area contributed by atoms with Crippen LogP contribution in [0.15, 0.2) is 12.7 Å². The lowest BCUT2D eigenvalue weighted by Gasteiger charge is -1.98. The minimum Gasteiger partial charge on any atom is -0.291 e. The van der Waals surface area contributed by atoms with Crippen molar-refractivity contribution in [1.29, 1.82) is 0 Å². The standard InChI is InChI=1S/C7H11O/c1-3-4-7(2)5-6-8/h3,7H,1,4-5H2,2H3. The summed E-state index contributed by atoms with van der Waals surface area (Å²) in [5.41, 5.74) is 0. The molecule has 0 aromatic carbocycles. The van der Waals surface area contributed by atoms with Crippen molar-refractivity contribution in [2.45, 2.75) is 19.8 Å². The van der Waals surface area contributed by atoms with Crippen LogP contribution in [0.25, 0.3) is 0 Å². The van der Waals surface area contributed by atoms with Crippen LogP contribution in [0.5, 0.6) is 0 Å². The van der Waals surface area contributed by atoms with Gasteiger partial charge in [0.2, 0.25) is 0 Å². The van der Waals surface area contributed by atoms with Crippen molar-refractivity contribution in [3.63, 3.8) is 0 Å². The van der Waals surface area contributed by atoms with Gasteiger partial charge in [0.15, 0.2) is 6.29 Å². The van der Waals surface area contributed by atoms with E-state index < -0.39 is 0 Å². The molecule has 1 radical (unpaired) electrons. The summed E-state index contributed by atoms with van der Waals surface area (Å²) in [7, 11) is 0. The second kappa shape index (κ2) is 4.57. The zero-order chi connectivity index (χ0) is 6.41. The van der Waals surface area contributed by atoms with E-state index in [-0.39, 0.29) is 0 Å². The van der Waals surface area contributed by atoms with Gasteiger partial charge >= 0.3 is 0 Å². The monoisotopic (exact) mass is 111 g/mol. The fourth-order valence-electron chi connectivity index (χ4n) is 0.510. The average molecular weight is 111 g/mol. The molecule has 0 aromatic heterocycles. The van der Waals surface area contributed by atoms with Crippen molar-refractivity contribution in [3.8, 4) is 0 Å². The van der Waals surface area contributed by atoms with E-state index in [1.807, 2.05) is 19.3 Å². The van der Waals surface area contributed by atoms with Gasteiger partial charge in [0.1, 0.15) is 0 Å². The SMILES string of the molecule is C=CCC(C)C[C]=O. The van der Waals surface area contributed by atoms with Gasteiger partial charge in [-0.25, -0.2) is 0 Å². The summed E-state index contributed by atoms with van der Waals surface area (Å²) in [6.45, 7) is 5.56. The van der Waals surface area contributed by atoms with E-state index in [4.69, 9.17) is 0 Å². The number of rotatable bonds is 4. The van der Waals surface area contributed by atoms with Crippen LogP contribution in [0.4, 0.5) is 0 Å². The summed E-state index contributed by atoms with van der Waals surface area (Å²) in [4.78, 5) is 9.73. The Labute approximate surface area is 50.4 Å². The summed E-state index contributed by atoms with van der Waals surface area (Å²) in [6, 6.07) is 0. The Morgan fingerprint density at radius 2 is 2.50 bits per heavy atom. The summed E-state index contributed by atoms with van der Waals surface area (Å²) < 4.78 is 0. The first-order valence-corrected chi connectivity index (χ1v) is 2.77. The Morgan fingerprint density at radius 3 is 2.88 bits per heavy atom. The quantitative estimate of drug-likeness (QED) is 0.504. The normalized spacial score (nSPS) is 12.6.